The van der Waals surface area contributed by atoms with Gasteiger partial charge in [-0.15, -0.1) is 0 Å². The van der Waals surface area contributed by atoms with Gasteiger partial charge in [0, 0.05) is 13.0 Å². The van der Waals surface area contributed by atoms with Gasteiger partial charge in [-0.3, -0.25) is 0 Å². The van der Waals surface area contributed by atoms with E-state index in [1.54, 1.807) is 0 Å². The molecule has 0 aliphatic carbocycles. The van der Waals surface area contributed by atoms with Crippen LogP contribution in [-0.4, -0.2) is 35.6 Å². The standard InChI is InChI=1S/C20H24O3.2C7H8O/c1-3-7-17(8-4-1)14-21-16-20-13-19(11-12-22-20)23-15-18-9-5-2-6-10-18;2*8-6-7-4-2-1-3-5-7/h1-10,19-20H,11-16H2;2*1-5,8H,6H2/t19-,20?;;/m1../s1. The van der Waals surface area contributed by atoms with Crippen molar-refractivity contribution in [2.75, 3.05) is 13.2 Å². The summed E-state index contributed by atoms with van der Waals surface area (Å²) in [6.07, 6.45) is 2.26. The minimum atomic E-state index is 0.133. The van der Waals surface area contributed by atoms with Gasteiger partial charge in [0.15, 0.2) is 0 Å². The van der Waals surface area contributed by atoms with Crippen LogP contribution in [0.25, 0.3) is 0 Å². The lowest BCUT2D eigenvalue weighted by Crippen LogP contribution is -2.33. The zero-order valence-corrected chi connectivity index (χ0v) is 22.5. The maximum Gasteiger partial charge on any atom is 0.0833 e. The van der Waals surface area contributed by atoms with Crippen molar-refractivity contribution in [3.63, 3.8) is 0 Å². The SMILES string of the molecule is OCc1ccccc1.OCc1ccccc1.c1ccc(COCC2C[C@H](OCc3ccccc3)CCO2)cc1. The van der Waals surface area contributed by atoms with Crippen LogP contribution in [0.4, 0.5) is 0 Å². The zero-order valence-electron chi connectivity index (χ0n) is 22.5. The van der Waals surface area contributed by atoms with Crippen LogP contribution in [0, 0.1) is 0 Å². The number of hydrogen-bond donors (Lipinski definition) is 2. The van der Waals surface area contributed by atoms with Crippen LogP contribution >= 0.6 is 0 Å². The van der Waals surface area contributed by atoms with Crippen molar-refractivity contribution in [3.8, 4) is 0 Å². The molecule has 0 aromatic heterocycles. The van der Waals surface area contributed by atoms with E-state index in [1.165, 1.54) is 11.1 Å². The fraction of sp³-hybridized carbons (Fsp3) is 0.294. The third kappa shape index (κ3) is 12.9. The molecule has 1 aliphatic rings. The molecule has 1 heterocycles. The first-order valence-corrected chi connectivity index (χ1v) is 13.4. The highest BCUT2D eigenvalue weighted by molar-refractivity contribution is 5.15. The van der Waals surface area contributed by atoms with Crippen LogP contribution in [0.15, 0.2) is 121 Å². The highest BCUT2D eigenvalue weighted by atomic mass is 16.5. The summed E-state index contributed by atoms with van der Waals surface area (Å²) in [5.74, 6) is 0. The Hall–Kier alpha value is -3.32. The van der Waals surface area contributed by atoms with E-state index in [0.717, 1.165) is 30.6 Å². The maximum atomic E-state index is 8.54. The first-order valence-electron chi connectivity index (χ1n) is 13.4. The van der Waals surface area contributed by atoms with Crippen LogP contribution in [0.3, 0.4) is 0 Å². The molecule has 0 bridgehead atoms. The molecule has 4 aromatic rings. The van der Waals surface area contributed by atoms with Gasteiger partial charge in [-0.2, -0.15) is 0 Å². The summed E-state index contributed by atoms with van der Waals surface area (Å²) in [7, 11) is 0. The number of ether oxygens (including phenoxy) is 3. The zero-order chi connectivity index (χ0) is 27.4. The molecule has 5 nitrogen and oxygen atoms in total. The van der Waals surface area contributed by atoms with Crippen molar-refractivity contribution in [1.82, 2.24) is 0 Å². The van der Waals surface area contributed by atoms with Gasteiger partial charge in [0.25, 0.3) is 0 Å². The molecule has 1 fully saturated rings. The highest BCUT2D eigenvalue weighted by Gasteiger charge is 2.23. The van der Waals surface area contributed by atoms with Crippen LogP contribution in [0.2, 0.25) is 0 Å². The van der Waals surface area contributed by atoms with Gasteiger partial charge >= 0.3 is 0 Å². The minimum absolute atomic E-state index is 0.133. The van der Waals surface area contributed by atoms with E-state index in [4.69, 9.17) is 24.4 Å². The smallest absolute Gasteiger partial charge is 0.0833 e. The van der Waals surface area contributed by atoms with Gasteiger partial charge < -0.3 is 24.4 Å². The Balaban J connectivity index is 0.000000213. The summed E-state index contributed by atoms with van der Waals surface area (Å²) in [6, 6.07) is 39.6. The molecule has 4 aromatic carbocycles. The number of benzene rings is 4. The fourth-order valence-electron chi connectivity index (χ4n) is 3.95. The summed E-state index contributed by atoms with van der Waals surface area (Å²) in [5, 5.41) is 17.1. The monoisotopic (exact) mass is 528 g/mol. The van der Waals surface area contributed by atoms with Gasteiger partial charge in [0.1, 0.15) is 0 Å². The second-order valence-corrected chi connectivity index (χ2v) is 9.22. The summed E-state index contributed by atoms with van der Waals surface area (Å²) >= 11 is 0. The maximum absolute atomic E-state index is 8.54. The molecule has 1 aliphatic heterocycles. The molecular formula is C34H40O5. The molecule has 0 saturated carbocycles. The third-order valence-corrected chi connectivity index (χ3v) is 6.11. The molecular weight excluding hydrogens is 488 g/mol. The van der Waals surface area contributed by atoms with Crippen molar-refractivity contribution in [2.45, 2.75) is 51.5 Å². The molecule has 2 atom stereocenters. The van der Waals surface area contributed by atoms with Gasteiger partial charge in [-0.25, -0.2) is 0 Å². The first-order chi connectivity index (χ1) is 19.3. The van der Waals surface area contributed by atoms with E-state index >= 15 is 0 Å². The Labute approximate surface area is 232 Å². The topological polar surface area (TPSA) is 68.2 Å². The lowest BCUT2D eigenvalue weighted by molar-refractivity contribution is -0.103. The Kier molecular flexibility index (Phi) is 14.6. The Morgan fingerprint density at radius 1 is 0.590 bits per heavy atom. The highest BCUT2D eigenvalue weighted by Crippen LogP contribution is 2.19. The van der Waals surface area contributed by atoms with Crippen molar-refractivity contribution < 1.29 is 24.4 Å². The predicted molar refractivity (Wildman–Crippen MR) is 155 cm³/mol. The molecule has 0 spiro atoms. The lowest BCUT2D eigenvalue weighted by Gasteiger charge is -2.29. The molecule has 1 unspecified atom stereocenters. The largest absolute Gasteiger partial charge is 0.392 e. The minimum Gasteiger partial charge on any atom is -0.392 e. The Morgan fingerprint density at radius 2 is 1.03 bits per heavy atom. The number of rotatable bonds is 9. The molecule has 2 N–H and O–H groups in total. The Bertz CT molecular complexity index is 1070. The van der Waals surface area contributed by atoms with E-state index < -0.39 is 0 Å². The average molecular weight is 529 g/mol. The normalized spacial score (nSPS) is 16.3. The van der Waals surface area contributed by atoms with E-state index in [0.29, 0.717) is 19.8 Å². The first kappa shape index (κ1) is 30.2. The van der Waals surface area contributed by atoms with Gasteiger partial charge in [-0.05, 0) is 28.7 Å². The van der Waals surface area contributed by atoms with Gasteiger partial charge in [-0.1, -0.05) is 121 Å². The summed E-state index contributed by atoms with van der Waals surface area (Å²) in [4.78, 5) is 0. The lowest BCUT2D eigenvalue weighted by atomic mass is 10.1. The van der Waals surface area contributed by atoms with E-state index in [9.17, 15) is 0 Å². The molecule has 5 heteroatoms. The predicted octanol–water partition coefficient (Wildman–Crippen LogP) is 6.33. The van der Waals surface area contributed by atoms with Crippen molar-refractivity contribution in [1.29, 1.82) is 0 Å². The molecule has 206 valence electrons. The molecule has 39 heavy (non-hydrogen) atoms. The van der Waals surface area contributed by atoms with Crippen molar-refractivity contribution in [2.24, 2.45) is 0 Å². The van der Waals surface area contributed by atoms with Crippen LogP contribution < -0.4 is 0 Å². The van der Waals surface area contributed by atoms with Crippen LogP contribution in [0.1, 0.15) is 35.1 Å². The second-order valence-electron chi connectivity index (χ2n) is 9.22. The summed E-state index contributed by atoms with van der Waals surface area (Å²) in [6.45, 7) is 2.96. The fourth-order valence-corrected chi connectivity index (χ4v) is 3.95. The second kappa shape index (κ2) is 18.9. The van der Waals surface area contributed by atoms with E-state index in [2.05, 4.69) is 24.3 Å². The molecule has 5 rings (SSSR count). The van der Waals surface area contributed by atoms with Crippen LogP contribution in [0.5, 0.6) is 0 Å². The number of aliphatic hydroxyl groups is 2. The number of aliphatic hydroxyl groups excluding tert-OH is 2. The van der Waals surface area contributed by atoms with Gasteiger partial charge in [0.05, 0.1) is 45.2 Å². The van der Waals surface area contributed by atoms with Crippen molar-refractivity contribution >= 4 is 0 Å². The molecule has 0 amide bonds. The van der Waals surface area contributed by atoms with E-state index in [1.807, 2.05) is 97.1 Å². The quantitative estimate of drug-likeness (QED) is 0.266. The van der Waals surface area contributed by atoms with Gasteiger partial charge in [0.2, 0.25) is 0 Å². The number of hydrogen-bond acceptors (Lipinski definition) is 5. The summed E-state index contributed by atoms with van der Waals surface area (Å²) < 4.78 is 17.6. The molecule has 0 radical (unpaired) electrons. The Morgan fingerprint density at radius 3 is 1.46 bits per heavy atom. The van der Waals surface area contributed by atoms with Crippen LogP contribution in [-0.2, 0) is 40.6 Å². The van der Waals surface area contributed by atoms with E-state index in [-0.39, 0.29) is 25.4 Å². The third-order valence-electron chi connectivity index (χ3n) is 6.11. The molecule has 1 saturated heterocycles. The summed E-state index contributed by atoms with van der Waals surface area (Å²) in [5.41, 5.74) is 4.34. The van der Waals surface area contributed by atoms with Crippen molar-refractivity contribution in [3.05, 3.63) is 144 Å². The average Bonchev–Trinajstić information content (AvgIpc) is 3.03.